The Hall–Kier alpha value is -1.35. The van der Waals surface area contributed by atoms with E-state index in [1.807, 2.05) is 24.3 Å². The summed E-state index contributed by atoms with van der Waals surface area (Å²) in [6.45, 7) is 2.22. The van der Waals surface area contributed by atoms with Gasteiger partial charge in [-0.3, -0.25) is 4.79 Å². The van der Waals surface area contributed by atoms with Gasteiger partial charge in [0.25, 0.3) is 0 Å². The maximum absolute atomic E-state index is 11.8. The summed E-state index contributed by atoms with van der Waals surface area (Å²) in [7, 11) is 0. The lowest BCUT2D eigenvalue weighted by molar-refractivity contribution is -0.116. The van der Waals surface area contributed by atoms with Gasteiger partial charge in [-0.25, -0.2) is 0 Å². The molecule has 0 spiro atoms. The smallest absolute Gasteiger partial charge is 0.224 e. The van der Waals surface area contributed by atoms with Gasteiger partial charge in [-0.05, 0) is 24.1 Å². The second kappa shape index (κ2) is 10.4. The van der Waals surface area contributed by atoms with Crippen LogP contribution in [0.4, 0.5) is 5.69 Å². The molecule has 1 amide bonds. The molecule has 112 valence electrons. The first-order valence-electron chi connectivity index (χ1n) is 7.76. The van der Waals surface area contributed by atoms with Gasteiger partial charge in [0.2, 0.25) is 5.91 Å². The maximum atomic E-state index is 11.8. The lowest BCUT2D eigenvalue weighted by Crippen LogP contribution is -2.11. The average molecular weight is 277 g/mol. The van der Waals surface area contributed by atoms with Gasteiger partial charge in [0, 0.05) is 12.1 Å². The molecule has 0 aromatic heterocycles. The molecule has 0 atom stereocenters. The van der Waals surface area contributed by atoms with Gasteiger partial charge in [-0.15, -0.1) is 0 Å². The highest BCUT2D eigenvalue weighted by molar-refractivity contribution is 5.90. The van der Waals surface area contributed by atoms with Crippen molar-refractivity contribution < 1.29 is 9.90 Å². The van der Waals surface area contributed by atoms with E-state index < -0.39 is 0 Å². The van der Waals surface area contributed by atoms with Crippen LogP contribution in [0, 0.1) is 0 Å². The summed E-state index contributed by atoms with van der Waals surface area (Å²) < 4.78 is 0. The number of rotatable bonds is 10. The summed E-state index contributed by atoms with van der Waals surface area (Å²) in [6.07, 6.45) is 9.09. The third-order valence-electron chi connectivity index (χ3n) is 3.40. The molecule has 20 heavy (non-hydrogen) atoms. The summed E-state index contributed by atoms with van der Waals surface area (Å²) in [6, 6.07) is 7.34. The number of carbonyl (C=O) groups excluding carboxylic acids is 1. The maximum Gasteiger partial charge on any atom is 0.224 e. The Morgan fingerprint density at radius 2 is 1.80 bits per heavy atom. The number of amides is 1. The predicted octanol–water partition coefficient (Wildman–Crippen LogP) is 4.26. The Morgan fingerprint density at radius 3 is 2.50 bits per heavy atom. The number of carbonyl (C=O) groups is 1. The second-order valence-corrected chi connectivity index (χ2v) is 5.28. The van der Waals surface area contributed by atoms with Gasteiger partial charge in [-0.2, -0.15) is 0 Å². The van der Waals surface area contributed by atoms with Crippen LogP contribution in [0.2, 0.25) is 0 Å². The first-order valence-corrected chi connectivity index (χ1v) is 7.76. The molecule has 1 aromatic carbocycles. The molecule has 0 saturated carbocycles. The molecule has 3 nitrogen and oxygen atoms in total. The lowest BCUT2D eigenvalue weighted by atomic mass is 10.1. The van der Waals surface area contributed by atoms with Crippen molar-refractivity contribution in [1.29, 1.82) is 0 Å². The highest BCUT2D eigenvalue weighted by atomic mass is 16.3. The fraction of sp³-hybridized carbons (Fsp3) is 0.588. The summed E-state index contributed by atoms with van der Waals surface area (Å²) >= 11 is 0. The predicted molar refractivity (Wildman–Crippen MR) is 83.6 cm³/mol. The van der Waals surface area contributed by atoms with Crippen molar-refractivity contribution in [3.05, 3.63) is 29.8 Å². The van der Waals surface area contributed by atoms with E-state index in [1.165, 1.54) is 32.1 Å². The van der Waals surface area contributed by atoms with Crippen LogP contribution in [-0.2, 0) is 11.4 Å². The molecule has 0 saturated heterocycles. The standard InChI is InChI=1S/C17H27NO2/c1-2-3-4-5-6-7-8-12-17(20)18-16-11-9-10-15(13-16)14-19/h9-11,13,19H,2-8,12,14H2,1H3,(H,18,20). The first kappa shape index (κ1) is 16.7. The van der Waals surface area contributed by atoms with E-state index in [0.717, 1.165) is 24.1 Å². The van der Waals surface area contributed by atoms with Gasteiger partial charge < -0.3 is 10.4 Å². The van der Waals surface area contributed by atoms with Crippen molar-refractivity contribution in [2.75, 3.05) is 5.32 Å². The van der Waals surface area contributed by atoms with Gasteiger partial charge in [0.05, 0.1) is 6.61 Å². The van der Waals surface area contributed by atoms with Crippen LogP contribution in [0.5, 0.6) is 0 Å². The van der Waals surface area contributed by atoms with Crippen LogP contribution in [0.1, 0.15) is 63.9 Å². The van der Waals surface area contributed by atoms with Gasteiger partial charge in [-0.1, -0.05) is 57.6 Å². The Balaban J connectivity index is 2.13. The number of benzene rings is 1. The highest BCUT2D eigenvalue weighted by Gasteiger charge is 2.02. The number of aliphatic hydroxyl groups is 1. The second-order valence-electron chi connectivity index (χ2n) is 5.28. The van der Waals surface area contributed by atoms with Crippen LogP contribution in [0.25, 0.3) is 0 Å². The monoisotopic (exact) mass is 277 g/mol. The van der Waals surface area contributed by atoms with E-state index in [9.17, 15) is 4.79 Å². The summed E-state index contributed by atoms with van der Waals surface area (Å²) in [4.78, 5) is 11.8. The van der Waals surface area contributed by atoms with E-state index in [-0.39, 0.29) is 12.5 Å². The molecule has 0 aliphatic rings. The Kier molecular flexibility index (Phi) is 8.72. The van der Waals surface area contributed by atoms with Crippen LogP contribution in [0.3, 0.4) is 0 Å². The highest BCUT2D eigenvalue weighted by Crippen LogP contribution is 2.12. The van der Waals surface area contributed by atoms with Crippen molar-refractivity contribution in [3.63, 3.8) is 0 Å². The van der Waals surface area contributed by atoms with Gasteiger partial charge >= 0.3 is 0 Å². The Morgan fingerprint density at radius 1 is 1.10 bits per heavy atom. The van der Waals surface area contributed by atoms with Crippen molar-refractivity contribution in [2.45, 2.75) is 64.9 Å². The minimum Gasteiger partial charge on any atom is -0.392 e. The minimum atomic E-state index is 0.00146. The fourth-order valence-electron chi connectivity index (χ4n) is 2.21. The normalized spacial score (nSPS) is 10.5. The van der Waals surface area contributed by atoms with E-state index in [2.05, 4.69) is 12.2 Å². The van der Waals surface area contributed by atoms with E-state index in [0.29, 0.717) is 6.42 Å². The molecular formula is C17H27NO2. The van der Waals surface area contributed by atoms with E-state index >= 15 is 0 Å². The summed E-state index contributed by atoms with van der Waals surface area (Å²) in [5.74, 6) is 0.0636. The fourth-order valence-corrected chi connectivity index (χ4v) is 2.21. The van der Waals surface area contributed by atoms with E-state index in [1.54, 1.807) is 0 Å². The molecule has 0 unspecified atom stereocenters. The number of hydrogen-bond acceptors (Lipinski definition) is 2. The lowest BCUT2D eigenvalue weighted by Gasteiger charge is -2.06. The number of anilines is 1. The van der Waals surface area contributed by atoms with Crippen molar-refractivity contribution >= 4 is 11.6 Å². The summed E-state index contributed by atoms with van der Waals surface area (Å²) in [5, 5.41) is 11.9. The van der Waals surface area contributed by atoms with Crippen LogP contribution < -0.4 is 5.32 Å². The molecule has 1 aromatic rings. The molecular weight excluding hydrogens is 250 g/mol. The van der Waals surface area contributed by atoms with Crippen molar-refractivity contribution in [2.24, 2.45) is 0 Å². The molecule has 0 fully saturated rings. The molecule has 0 heterocycles. The van der Waals surface area contributed by atoms with Crippen LogP contribution in [-0.4, -0.2) is 11.0 Å². The third-order valence-corrected chi connectivity index (χ3v) is 3.40. The van der Waals surface area contributed by atoms with Gasteiger partial charge in [0.1, 0.15) is 0 Å². The summed E-state index contributed by atoms with van der Waals surface area (Å²) in [5.41, 5.74) is 1.59. The van der Waals surface area contributed by atoms with Crippen LogP contribution in [0.15, 0.2) is 24.3 Å². The average Bonchev–Trinajstić information content (AvgIpc) is 2.46. The first-order chi connectivity index (χ1) is 9.76. The van der Waals surface area contributed by atoms with Crippen molar-refractivity contribution in [3.8, 4) is 0 Å². The third kappa shape index (κ3) is 7.29. The number of aliphatic hydroxyl groups excluding tert-OH is 1. The quantitative estimate of drug-likeness (QED) is 0.628. The topological polar surface area (TPSA) is 49.3 Å². The zero-order valence-electron chi connectivity index (χ0n) is 12.5. The molecule has 0 aliphatic carbocycles. The van der Waals surface area contributed by atoms with Crippen molar-refractivity contribution in [1.82, 2.24) is 0 Å². The molecule has 0 radical (unpaired) electrons. The molecule has 1 rings (SSSR count). The van der Waals surface area contributed by atoms with E-state index in [4.69, 9.17) is 5.11 Å². The number of nitrogens with one attached hydrogen (secondary N) is 1. The SMILES string of the molecule is CCCCCCCCCC(=O)Nc1cccc(CO)c1. The largest absolute Gasteiger partial charge is 0.392 e. The molecule has 2 N–H and O–H groups in total. The van der Waals surface area contributed by atoms with Crippen LogP contribution >= 0.6 is 0 Å². The molecule has 3 heteroatoms. The molecule has 0 aliphatic heterocycles. The minimum absolute atomic E-state index is 0.00146. The number of hydrogen-bond donors (Lipinski definition) is 2. The Labute approximate surface area is 122 Å². The zero-order valence-corrected chi connectivity index (χ0v) is 12.5. The van der Waals surface area contributed by atoms with Gasteiger partial charge in [0.15, 0.2) is 0 Å². The molecule has 0 bridgehead atoms. The number of unbranched alkanes of at least 4 members (excludes halogenated alkanes) is 6. The Bertz CT molecular complexity index is 390. The zero-order chi connectivity index (χ0) is 14.6.